The van der Waals surface area contributed by atoms with Gasteiger partial charge in [0.25, 0.3) is 0 Å². The van der Waals surface area contributed by atoms with Crippen molar-refractivity contribution in [2.24, 2.45) is 5.73 Å². The molecule has 0 unspecified atom stereocenters. The first-order valence-corrected chi connectivity index (χ1v) is 4.48. The second kappa shape index (κ2) is 7.28. The second-order valence-corrected chi connectivity index (χ2v) is 2.91. The zero-order chi connectivity index (χ0) is 11.0. The number of aliphatic carboxylic acids is 2. The van der Waals surface area contributed by atoms with Crippen LogP contribution in [0.3, 0.4) is 0 Å². The van der Waals surface area contributed by atoms with Crippen molar-refractivity contribution in [1.82, 2.24) is 5.32 Å². The number of hydrogen-bond donors (Lipinski definition) is 4. The summed E-state index contributed by atoms with van der Waals surface area (Å²) in [5, 5.41) is 19.4. The van der Waals surface area contributed by atoms with E-state index in [2.05, 4.69) is 5.32 Å². The van der Waals surface area contributed by atoms with E-state index in [0.29, 0.717) is 13.1 Å². The number of carbonyl (C=O) groups is 2. The first-order chi connectivity index (χ1) is 6.59. The van der Waals surface area contributed by atoms with Gasteiger partial charge in [0, 0.05) is 0 Å². The van der Waals surface area contributed by atoms with Gasteiger partial charge < -0.3 is 15.9 Å². The van der Waals surface area contributed by atoms with Gasteiger partial charge in [-0.2, -0.15) is 0 Å². The van der Waals surface area contributed by atoms with Crippen LogP contribution in [0, 0.1) is 0 Å². The number of unbranched alkanes of at least 4 members (excludes halogenated alkanes) is 2. The Kier molecular flexibility index (Phi) is 6.69. The number of carboxylic acid groups (broad SMARTS) is 2. The Morgan fingerprint density at radius 1 is 1.14 bits per heavy atom. The fraction of sp³-hybridized carbons (Fsp3) is 0.750. The zero-order valence-electron chi connectivity index (χ0n) is 7.90. The molecule has 0 aromatic rings. The van der Waals surface area contributed by atoms with Gasteiger partial charge in [0.2, 0.25) is 6.04 Å². The summed E-state index contributed by atoms with van der Waals surface area (Å²) in [4.78, 5) is 20.8. The summed E-state index contributed by atoms with van der Waals surface area (Å²) < 4.78 is 0. The number of nitrogens with one attached hydrogen (secondary N) is 1. The van der Waals surface area contributed by atoms with Gasteiger partial charge in [0.15, 0.2) is 0 Å². The highest BCUT2D eigenvalue weighted by Crippen LogP contribution is 1.93. The third kappa shape index (κ3) is 5.50. The molecule has 0 aromatic heterocycles. The van der Waals surface area contributed by atoms with Gasteiger partial charge in [-0.1, -0.05) is 6.42 Å². The summed E-state index contributed by atoms with van der Waals surface area (Å²) in [6.07, 6.45) is 2.47. The number of hydrogen-bond acceptors (Lipinski definition) is 4. The Morgan fingerprint density at radius 3 is 2.14 bits per heavy atom. The molecule has 0 spiro atoms. The molecule has 6 nitrogen and oxygen atoms in total. The second-order valence-electron chi connectivity index (χ2n) is 2.91. The SMILES string of the molecule is NCCCCCNC(C(=O)O)C(=O)O. The van der Waals surface area contributed by atoms with Gasteiger partial charge in [0.05, 0.1) is 0 Å². The highest BCUT2D eigenvalue weighted by molar-refractivity contribution is 5.97. The van der Waals surface area contributed by atoms with Gasteiger partial charge in [-0.3, -0.25) is 5.32 Å². The van der Waals surface area contributed by atoms with Crippen LogP contribution >= 0.6 is 0 Å². The number of carboxylic acids is 2. The monoisotopic (exact) mass is 204 g/mol. The van der Waals surface area contributed by atoms with Crippen molar-refractivity contribution in [3.8, 4) is 0 Å². The molecule has 0 heterocycles. The van der Waals surface area contributed by atoms with Crippen LogP contribution in [0.15, 0.2) is 0 Å². The van der Waals surface area contributed by atoms with E-state index in [-0.39, 0.29) is 0 Å². The van der Waals surface area contributed by atoms with Crippen molar-refractivity contribution < 1.29 is 19.8 Å². The first kappa shape index (κ1) is 12.9. The number of nitrogens with two attached hydrogens (primary N) is 1. The van der Waals surface area contributed by atoms with Gasteiger partial charge in [0.1, 0.15) is 0 Å². The average molecular weight is 204 g/mol. The molecule has 5 N–H and O–H groups in total. The van der Waals surface area contributed by atoms with Crippen LogP contribution in [0.25, 0.3) is 0 Å². The van der Waals surface area contributed by atoms with Crippen molar-refractivity contribution in [3.63, 3.8) is 0 Å². The van der Waals surface area contributed by atoms with E-state index < -0.39 is 18.0 Å². The third-order valence-corrected chi connectivity index (χ3v) is 1.72. The maximum Gasteiger partial charge on any atom is 0.332 e. The van der Waals surface area contributed by atoms with Crippen LogP contribution in [-0.2, 0) is 9.59 Å². The van der Waals surface area contributed by atoms with Gasteiger partial charge in [-0.15, -0.1) is 0 Å². The molecule has 0 radical (unpaired) electrons. The van der Waals surface area contributed by atoms with Crippen molar-refractivity contribution in [1.29, 1.82) is 0 Å². The molecule has 0 fully saturated rings. The van der Waals surface area contributed by atoms with Crippen LogP contribution in [-0.4, -0.2) is 41.3 Å². The van der Waals surface area contributed by atoms with Crippen molar-refractivity contribution in [3.05, 3.63) is 0 Å². The number of rotatable bonds is 8. The Balaban J connectivity index is 3.62. The summed E-state index contributed by atoms with van der Waals surface area (Å²) >= 11 is 0. The fourth-order valence-corrected chi connectivity index (χ4v) is 0.973. The van der Waals surface area contributed by atoms with E-state index in [1.165, 1.54) is 0 Å². The minimum absolute atomic E-state index is 0.378. The Bertz CT molecular complexity index is 182. The van der Waals surface area contributed by atoms with Crippen LogP contribution in [0.2, 0.25) is 0 Å². The van der Waals surface area contributed by atoms with E-state index in [1.807, 2.05) is 0 Å². The maximum absolute atomic E-state index is 10.4. The molecule has 82 valence electrons. The summed E-state index contributed by atoms with van der Waals surface area (Å²) in [5.41, 5.74) is 5.26. The van der Waals surface area contributed by atoms with Gasteiger partial charge in [-0.05, 0) is 25.9 Å². The standard InChI is InChI=1S/C8H16N2O4/c9-4-2-1-3-5-10-6(7(11)12)8(13)14/h6,10H,1-5,9H2,(H,11,12)(H,13,14). The van der Waals surface area contributed by atoms with E-state index in [1.54, 1.807) is 0 Å². The summed E-state index contributed by atoms with van der Waals surface area (Å²) in [7, 11) is 0. The molecule has 0 bridgehead atoms. The van der Waals surface area contributed by atoms with Crippen LogP contribution in [0.5, 0.6) is 0 Å². The molecule has 0 rings (SSSR count). The van der Waals surface area contributed by atoms with E-state index in [9.17, 15) is 9.59 Å². The summed E-state index contributed by atoms with van der Waals surface area (Å²) in [6.45, 7) is 0.977. The van der Waals surface area contributed by atoms with Crippen LogP contribution in [0.4, 0.5) is 0 Å². The minimum atomic E-state index is -1.51. The van der Waals surface area contributed by atoms with E-state index >= 15 is 0 Å². The predicted molar refractivity (Wildman–Crippen MR) is 50.0 cm³/mol. The van der Waals surface area contributed by atoms with Crippen molar-refractivity contribution in [2.45, 2.75) is 25.3 Å². The molecule has 0 amide bonds. The average Bonchev–Trinajstić information content (AvgIpc) is 2.09. The highest BCUT2D eigenvalue weighted by atomic mass is 16.4. The molecule has 0 atom stereocenters. The summed E-state index contributed by atoms with van der Waals surface area (Å²) in [6, 6.07) is -1.51. The lowest BCUT2D eigenvalue weighted by molar-refractivity contribution is -0.151. The first-order valence-electron chi connectivity index (χ1n) is 4.48. The molecular weight excluding hydrogens is 188 g/mol. The molecule has 0 aliphatic heterocycles. The molecular formula is C8H16N2O4. The zero-order valence-corrected chi connectivity index (χ0v) is 7.90. The van der Waals surface area contributed by atoms with Gasteiger partial charge >= 0.3 is 11.9 Å². The lowest BCUT2D eigenvalue weighted by Crippen LogP contribution is -2.43. The predicted octanol–water partition coefficient (Wildman–Crippen LogP) is -0.757. The third-order valence-electron chi connectivity index (χ3n) is 1.72. The molecule has 0 aromatic carbocycles. The Hall–Kier alpha value is -1.14. The Labute approximate surface area is 82.1 Å². The van der Waals surface area contributed by atoms with Crippen LogP contribution in [0.1, 0.15) is 19.3 Å². The topological polar surface area (TPSA) is 113 Å². The van der Waals surface area contributed by atoms with Crippen molar-refractivity contribution >= 4 is 11.9 Å². The van der Waals surface area contributed by atoms with E-state index in [4.69, 9.17) is 15.9 Å². The smallest absolute Gasteiger partial charge is 0.332 e. The fourth-order valence-electron chi connectivity index (χ4n) is 0.973. The maximum atomic E-state index is 10.4. The molecule has 6 heteroatoms. The molecule has 0 saturated carbocycles. The molecule has 0 aliphatic carbocycles. The lowest BCUT2D eigenvalue weighted by Gasteiger charge is -2.08. The normalized spacial score (nSPS) is 10.4. The Morgan fingerprint density at radius 2 is 1.71 bits per heavy atom. The summed E-state index contributed by atoms with van der Waals surface area (Å²) in [5.74, 6) is -2.73. The molecule has 0 saturated heterocycles. The molecule has 14 heavy (non-hydrogen) atoms. The van der Waals surface area contributed by atoms with Crippen molar-refractivity contribution in [2.75, 3.05) is 13.1 Å². The van der Waals surface area contributed by atoms with E-state index in [0.717, 1.165) is 19.3 Å². The van der Waals surface area contributed by atoms with Crippen LogP contribution < -0.4 is 11.1 Å². The largest absolute Gasteiger partial charge is 0.480 e. The molecule has 0 aliphatic rings. The quantitative estimate of drug-likeness (QED) is 0.305. The lowest BCUT2D eigenvalue weighted by atomic mass is 10.2. The van der Waals surface area contributed by atoms with Gasteiger partial charge in [-0.25, -0.2) is 9.59 Å². The minimum Gasteiger partial charge on any atom is -0.480 e. The highest BCUT2D eigenvalue weighted by Gasteiger charge is 2.24.